The molecule has 2 rings (SSSR count). The number of carbonyl (C=O) groups excluding carboxylic acids is 1. The van der Waals surface area contributed by atoms with Crippen LogP contribution in [0.15, 0.2) is 0 Å². The van der Waals surface area contributed by atoms with E-state index in [4.69, 9.17) is 14.2 Å². The molecule has 0 amide bonds. The van der Waals surface area contributed by atoms with Crippen molar-refractivity contribution in [1.29, 1.82) is 0 Å². The van der Waals surface area contributed by atoms with Crippen molar-refractivity contribution in [3.05, 3.63) is 0 Å². The molecule has 2 fully saturated rings. The van der Waals surface area contributed by atoms with Gasteiger partial charge in [0.15, 0.2) is 0 Å². The molecule has 0 aromatic rings. The minimum Gasteiger partial charge on any atom is -0.436 e. The second-order valence-corrected chi connectivity index (χ2v) is 4.13. The van der Waals surface area contributed by atoms with Gasteiger partial charge in [-0.15, -0.1) is 0 Å². The number of aliphatic hydroxyl groups is 1. The van der Waals surface area contributed by atoms with E-state index in [9.17, 15) is 9.90 Å². The molecule has 2 aliphatic heterocycles. The second kappa shape index (κ2) is 4.08. The minimum absolute atomic E-state index is 0.152. The molecule has 5 atom stereocenters. The molecule has 2 aliphatic rings. The largest absolute Gasteiger partial charge is 0.436 e. The van der Waals surface area contributed by atoms with Gasteiger partial charge in [0.25, 0.3) is 0 Å². The molecular weight excluding hydrogens is 200 g/mol. The van der Waals surface area contributed by atoms with Crippen LogP contribution >= 0.6 is 0 Å². The summed E-state index contributed by atoms with van der Waals surface area (Å²) in [5.74, 6) is -0.648. The number of esters is 1. The number of hydrogen-bond donors (Lipinski definition) is 1. The molecule has 2 heterocycles. The number of hydrogen-bond acceptors (Lipinski definition) is 5. The molecule has 5 heteroatoms. The van der Waals surface area contributed by atoms with Crippen LogP contribution in [0.4, 0.5) is 0 Å². The van der Waals surface area contributed by atoms with Gasteiger partial charge in [0, 0.05) is 19.4 Å². The van der Waals surface area contributed by atoms with Gasteiger partial charge in [-0.3, -0.25) is 4.79 Å². The van der Waals surface area contributed by atoms with Gasteiger partial charge < -0.3 is 19.3 Å². The van der Waals surface area contributed by atoms with E-state index >= 15 is 0 Å². The average molecular weight is 216 g/mol. The van der Waals surface area contributed by atoms with Crippen molar-refractivity contribution in [2.45, 2.75) is 44.9 Å². The lowest BCUT2D eigenvalue weighted by Gasteiger charge is -2.39. The molecule has 0 aromatic carbocycles. The topological polar surface area (TPSA) is 65.0 Å². The zero-order valence-corrected chi connectivity index (χ0v) is 8.88. The maximum atomic E-state index is 10.8. The fourth-order valence-corrected chi connectivity index (χ4v) is 2.11. The van der Waals surface area contributed by atoms with Crippen LogP contribution in [0.1, 0.15) is 20.3 Å². The van der Waals surface area contributed by atoms with Crippen molar-refractivity contribution in [3.63, 3.8) is 0 Å². The van der Waals surface area contributed by atoms with Gasteiger partial charge in [0.05, 0.1) is 12.2 Å². The highest BCUT2D eigenvalue weighted by molar-refractivity contribution is 5.66. The van der Waals surface area contributed by atoms with Crippen molar-refractivity contribution in [2.24, 2.45) is 5.92 Å². The van der Waals surface area contributed by atoms with Crippen LogP contribution in [0, 0.1) is 5.92 Å². The van der Waals surface area contributed by atoms with Crippen molar-refractivity contribution in [1.82, 2.24) is 0 Å². The summed E-state index contributed by atoms with van der Waals surface area (Å²) in [6.07, 6.45) is -0.963. The third-order valence-corrected chi connectivity index (χ3v) is 2.97. The monoisotopic (exact) mass is 216 g/mol. The lowest BCUT2D eigenvalue weighted by molar-refractivity contribution is -0.257. The summed E-state index contributed by atoms with van der Waals surface area (Å²) < 4.78 is 16.0. The molecule has 5 nitrogen and oxygen atoms in total. The van der Waals surface area contributed by atoms with Crippen molar-refractivity contribution in [3.8, 4) is 0 Å². The molecule has 86 valence electrons. The van der Waals surface area contributed by atoms with Crippen LogP contribution < -0.4 is 0 Å². The molecule has 0 radical (unpaired) electrons. The SMILES string of the molecule is CC(=O)OC1OC2CCOC2C(O)C1C. The third-order valence-electron chi connectivity index (χ3n) is 2.97. The van der Waals surface area contributed by atoms with Gasteiger partial charge in [-0.1, -0.05) is 6.92 Å². The van der Waals surface area contributed by atoms with Gasteiger partial charge in [0.1, 0.15) is 6.10 Å². The standard InChI is InChI=1S/C10H16O5/c1-5-8(12)9-7(3-4-13-9)15-10(5)14-6(2)11/h5,7-10,12H,3-4H2,1-2H3. The zero-order chi connectivity index (χ0) is 11.0. The fraction of sp³-hybridized carbons (Fsp3) is 0.900. The van der Waals surface area contributed by atoms with Crippen LogP contribution in [0.5, 0.6) is 0 Å². The third kappa shape index (κ3) is 2.00. The Morgan fingerprint density at radius 1 is 1.53 bits per heavy atom. The summed E-state index contributed by atoms with van der Waals surface area (Å²) in [5, 5.41) is 9.93. The van der Waals surface area contributed by atoms with E-state index in [1.165, 1.54) is 6.92 Å². The molecule has 15 heavy (non-hydrogen) atoms. The van der Waals surface area contributed by atoms with Gasteiger partial charge >= 0.3 is 5.97 Å². The Kier molecular flexibility index (Phi) is 2.95. The van der Waals surface area contributed by atoms with Crippen LogP contribution in [0.25, 0.3) is 0 Å². The van der Waals surface area contributed by atoms with E-state index in [1.54, 1.807) is 6.92 Å². The number of ether oxygens (including phenoxy) is 3. The molecule has 0 saturated carbocycles. The Balaban J connectivity index is 2.05. The maximum absolute atomic E-state index is 10.8. The molecule has 0 aliphatic carbocycles. The van der Waals surface area contributed by atoms with Crippen LogP contribution in [0.2, 0.25) is 0 Å². The molecule has 2 saturated heterocycles. The lowest BCUT2D eigenvalue weighted by Crippen LogP contribution is -2.52. The highest BCUT2D eigenvalue weighted by Crippen LogP contribution is 2.33. The molecule has 0 spiro atoms. The molecule has 0 aromatic heterocycles. The molecular formula is C10H16O5. The zero-order valence-electron chi connectivity index (χ0n) is 8.88. The van der Waals surface area contributed by atoms with E-state index < -0.39 is 18.4 Å². The van der Waals surface area contributed by atoms with Gasteiger partial charge in [-0.05, 0) is 6.42 Å². The smallest absolute Gasteiger partial charge is 0.304 e. The van der Waals surface area contributed by atoms with Gasteiger partial charge in [0.2, 0.25) is 6.29 Å². The summed E-state index contributed by atoms with van der Waals surface area (Å²) in [4.78, 5) is 10.8. The van der Waals surface area contributed by atoms with Crippen molar-refractivity contribution in [2.75, 3.05) is 6.61 Å². The Morgan fingerprint density at radius 3 is 2.93 bits per heavy atom. The Bertz CT molecular complexity index is 254. The summed E-state index contributed by atoms with van der Waals surface area (Å²) >= 11 is 0. The van der Waals surface area contributed by atoms with E-state index in [2.05, 4.69) is 0 Å². The molecule has 1 N–H and O–H groups in total. The number of fused-ring (bicyclic) bond motifs is 1. The van der Waals surface area contributed by atoms with Crippen LogP contribution in [-0.2, 0) is 19.0 Å². The first kappa shape index (κ1) is 10.9. The Morgan fingerprint density at radius 2 is 2.27 bits per heavy atom. The van der Waals surface area contributed by atoms with Crippen LogP contribution in [-0.4, -0.2) is 42.3 Å². The van der Waals surface area contributed by atoms with E-state index in [1.807, 2.05) is 0 Å². The van der Waals surface area contributed by atoms with Gasteiger partial charge in [-0.25, -0.2) is 0 Å². The number of rotatable bonds is 1. The van der Waals surface area contributed by atoms with E-state index in [0.29, 0.717) is 6.61 Å². The van der Waals surface area contributed by atoms with Gasteiger partial charge in [-0.2, -0.15) is 0 Å². The minimum atomic E-state index is -0.652. The predicted octanol–water partition coefficient (Wildman–Crippen LogP) is 0.0603. The normalized spacial score (nSPS) is 44.9. The predicted molar refractivity (Wildman–Crippen MR) is 50.0 cm³/mol. The average Bonchev–Trinajstić information content (AvgIpc) is 2.61. The lowest BCUT2D eigenvalue weighted by atomic mass is 9.92. The first-order valence-corrected chi connectivity index (χ1v) is 5.22. The van der Waals surface area contributed by atoms with Crippen molar-refractivity contribution < 1.29 is 24.1 Å². The fourth-order valence-electron chi connectivity index (χ4n) is 2.11. The summed E-state index contributed by atoms with van der Waals surface area (Å²) in [7, 11) is 0. The quantitative estimate of drug-likeness (QED) is 0.628. The van der Waals surface area contributed by atoms with Crippen molar-refractivity contribution >= 4 is 5.97 Å². The Labute approximate surface area is 88.3 Å². The van der Waals surface area contributed by atoms with E-state index in [-0.39, 0.29) is 18.1 Å². The Hall–Kier alpha value is -0.650. The number of carbonyl (C=O) groups is 1. The maximum Gasteiger partial charge on any atom is 0.304 e. The number of aliphatic hydroxyl groups excluding tert-OH is 1. The first-order chi connectivity index (χ1) is 7.09. The summed E-state index contributed by atoms with van der Waals surface area (Å²) in [6.45, 7) is 3.71. The van der Waals surface area contributed by atoms with Crippen LogP contribution in [0.3, 0.4) is 0 Å². The second-order valence-electron chi connectivity index (χ2n) is 4.13. The van der Waals surface area contributed by atoms with E-state index in [0.717, 1.165) is 6.42 Å². The highest BCUT2D eigenvalue weighted by Gasteiger charge is 2.47. The molecule has 0 bridgehead atoms. The summed E-state index contributed by atoms with van der Waals surface area (Å²) in [5.41, 5.74) is 0. The summed E-state index contributed by atoms with van der Waals surface area (Å²) in [6, 6.07) is 0. The molecule has 5 unspecified atom stereocenters. The highest BCUT2D eigenvalue weighted by atomic mass is 16.7. The first-order valence-electron chi connectivity index (χ1n) is 5.22.